The molecule has 0 spiro atoms. The van der Waals surface area contributed by atoms with Crippen molar-refractivity contribution in [1.82, 2.24) is 9.97 Å². The summed E-state index contributed by atoms with van der Waals surface area (Å²) < 4.78 is 5.69. The molecule has 102 valence electrons. The SMILES string of the molecule is CCCCCCCCOc1nc(NC)ncc1C. The highest BCUT2D eigenvalue weighted by atomic mass is 16.5. The van der Waals surface area contributed by atoms with Crippen LogP contribution in [0.1, 0.15) is 51.0 Å². The maximum Gasteiger partial charge on any atom is 0.225 e. The minimum atomic E-state index is 0.610. The first kappa shape index (κ1) is 14.7. The number of nitrogens with one attached hydrogen (secondary N) is 1. The van der Waals surface area contributed by atoms with Gasteiger partial charge in [-0.15, -0.1) is 0 Å². The minimum absolute atomic E-state index is 0.610. The van der Waals surface area contributed by atoms with Gasteiger partial charge in [-0.3, -0.25) is 0 Å². The van der Waals surface area contributed by atoms with Crippen molar-refractivity contribution in [2.45, 2.75) is 52.4 Å². The number of hydrogen-bond donors (Lipinski definition) is 1. The zero-order valence-electron chi connectivity index (χ0n) is 11.8. The Morgan fingerprint density at radius 2 is 1.89 bits per heavy atom. The van der Waals surface area contributed by atoms with Gasteiger partial charge in [0.25, 0.3) is 0 Å². The summed E-state index contributed by atoms with van der Waals surface area (Å²) in [5.74, 6) is 1.31. The summed E-state index contributed by atoms with van der Waals surface area (Å²) in [6.07, 6.45) is 9.41. The standard InChI is InChI=1S/C14H25N3O/c1-4-5-6-7-8-9-10-18-13-12(2)11-16-14(15-3)17-13/h11H,4-10H2,1-3H3,(H,15,16,17). The van der Waals surface area contributed by atoms with Gasteiger partial charge >= 0.3 is 0 Å². The molecule has 18 heavy (non-hydrogen) atoms. The molecular formula is C14H25N3O. The van der Waals surface area contributed by atoms with Gasteiger partial charge in [-0.05, 0) is 13.3 Å². The van der Waals surface area contributed by atoms with Crippen LogP contribution in [-0.4, -0.2) is 23.6 Å². The lowest BCUT2D eigenvalue weighted by molar-refractivity contribution is 0.291. The number of rotatable bonds is 9. The normalized spacial score (nSPS) is 10.4. The summed E-state index contributed by atoms with van der Waals surface area (Å²) in [7, 11) is 1.81. The molecule has 1 aromatic heterocycles. The van der Waals surface area contributed by atoms with Crippen LogP contribution in [0.3, 0.4) is 0 Å². The van der Waals surface area contributed by atoms with E-state index in [9.17, 15) is 0 Å². The highest BCUT2D eigenvalue weighted by molar-refractivity contribution is 5.31. The lowest BCUT2D eigenvalue weighted by Crippen LogP contribution is -2.04. The topological polar surface area (TPSA) is 47.0 Å². The van der Waals surface area contributed by atoms with E-state index < -0.39 is 0 Å². The van der Waals surface area contributed by atoms with Gasteiger partial charge in [0.05, 0.1) is 6.61 Å². The third-order valence-corrected chi connectivity index (χ3v) is 2.89. The van der Waals surface area contributed by atoms with Crippen molar-refractivity contribution in [1.29, 1.82) is 0 Å². The Morgan fingerprint density at radius 1 is 1.17 bits per heavy atom. The third-order valence-electron chi connectivity index (χ3n) is 2.89. The molecule has 0 aliphatic carbocycles. The zero-order chi connectivity index (χ0) is 13.2. The molecule has 0 saturated heterocycles. The van der Waals surface area contributed by atoms with Crippen molar-refractivity contribution in [2.24, 2.45) is 0 Å². The molecule has 0 atom stereocenters. The second kappa shape index (κ2) is 8.72. The van der Waals surface area contributed by atoms with Crippen LogP contribution in [0.5, 0.6) is 5.88 Å². The van der Waals surface area contributed by atoms with Gasteiger partial charge in [-0.2, -0.15) is 4.98 Å². The maximum atomic E-state index is 5.69. The van der Waals surface area contributed by atoms with E-state index in [4.69, 9.17) is 4.74 Å². The van der Waals surface area contributed by atoms with Gasteiger partial charge in [0.2, 0.25) is 11.8 Å². The van der Waals surface area contributed by atoms with E-state index in [1.54, 1.807) is 6.20 Å². The molecule has 1 rings (SSSR count). The smallest absolute Gasteiger partial charge is 0.225 e. The summed E-state index contributed by atoms with van der Waals surface area (Å²) in [5.41, 5.74) is 0.986. The highest BCUT2D eigenvalue weighted by Crippen LogP contribution is 2.15. The average Bonchev–Trinajstić information content (AvgIpc) is 2.39. The monoisotopic (exact) mass is 251 g/mol. The summed E-state index contributed by atoms with van der Waals surface area (Å²) in [6, 6.07) is 0. The minimum Gasteiger partial charge on any atom is -0.477 e. The van der Waals surface area contributed by atoms with Gasteiger partial charge < -0.3 is 10.1 Å². The van der Waals surface area contributed by atoms with Crippen LogP contribution in [0, 0.1) is 6.92 Å². The maximum absolute atomic E-state index is 5.69. The molecule has 0 aliphatic rings. The number of aryl methyl sites for hydroxylation is 1. The molecule has 0 fully saturated rings. The van der Waals surface area contributed by atoms with Crippen molar-refractivity contribution in [3.63, 3.8) is 0 Å². The molecule has 0 amide bonds. The third kappa shape index (κ3) is 5.34. The Bertz CT molecular complexity index is 342. The summed E-state index contributed by atoms with van der Waals surface area (Å²) in [4.78, 5) is 8.43. The predicted octanol–water partition coefficient (Wildman–Crippen LogP) is 3.57. The van der Waals surface area contributed by atoms with E-state index in [0.29, 0.717) is 11.8 Å². The molecule has 0 aliphatic heterocycles. The first-order valence-electron chi connectivity index (χ1n) is 6.92. The molecular weight excluding hydrogens is 226 g/mol. The van der Waals surface area contributed by atoms with Crippen LogP contribution in [0.4, 0.5) is 5.95 Å². The van der Waals surface area contributed by atoms with Crippen molar-refractivity contribution < 1.29 is 4.74 Å². The number of anilines is 1. The Hall–Kier alpha value is -1.32. The Labute approximate surface area is 110 Å². The second-order valence-corrected chi connectivity index (χ2v) is 4.55. The molecule has 0 saturated carbocycles. The summed E-state index contributed by atoms with van der Waals surface area (Å²) in [6.45, 7) is 4.95. The second-order valence-electron chi connectivity index (χ2n) is 4.55. The van der Waals surface area contributed by atoms with Gasteiger partial charge in [-0.25, -0.2) is 4.98 Å². The Morgan fingerprint density at radius 3 is 2.61 bits per heavy atom. The lowest BCUT2D eigenvalue weighted by atomic mass is 10.1. The molecule has 1 N–H and O–H groups in total. The van der Waals surface area contributed by atoms with Crippen LogP contribution in [0.25, 0.3) is 0 Å². The lowest BCUT2D eigenvalue weighted by Gasteiger charge is -2.08. The van der Waals surface area contributed by atoms with Gasteiger partial charge in [0.15, 0.2) is 0 Å². The van der Waals surface area contributed by atoms with Gasteiger partial charge in [0.1, 0.15) is 0 Å². The first-order chi connectivity index (χ1) is 8.77. The molecule has 4 nitrogen and oxygen atoms in total. The highest BCUT2D eigenvalue weighted by Gasteiger charge is 2.03. The largest absolute Gasteiger partial charge is 0.477 e. The average molecular weight is 251 g/mol. The molecule has 0 unspecified atom stereocenters. The molecule has 1 aromatic rings. The van der Waals surface area contributed by atoms with Gasteiger partial charge in [-0.1, -0.05) is 39.0 Å². The fourth-order valence-corrected chi connectivity index (χ4v) is 1.74. The number of nitrogens with zero attached hydrogens (tertiary/aromatic N) is 2. The molecule has 4 heteroatoms. The molecule has 0 radical (unpaired) electrons. The molecule has 1 heterocycles. The molecule has 0 bridgehead atoms. The summed E-state index contributed by atoms with van der Waals surface area (Å²) in [5, 5.41) is 2.92. The van der Waals surface area contributed by atoms with Crippen molar-refractivity contribution in [2.75, 3.05) is 19.0 Å². The van der Waals surface area contributed by atoms with E-state index >= 15 is 0 Å². The van der Waals surface area contributed by atoms with E-state index in [2.05, 4.69) is 22.2 Å². The van der Waals surface area contributed by atoms with Crippen LogP contribution in [-0.2, 0) is 0 Å². The van der Waals surface area contributed by atoms with E-state index in [1.165, 1.54) is 32.1 Å². The van der Waals surface area contributed by atoms with Crippen LogP contribution >= 0.6 is 0 Å². The first-order valence-corrected chi connectivity index (χ1v) is 6.92. The van der Waals surface area contributed by atoms with E-state index in [0.717, 1.165) is 18.6 Å². The number of aromatic nitrogens is 2. The number of hydrogen-bond acceptors (Lipinski definition) is 4. The Kier molecular flexibility index (Phi) is 7.14. The number of ether oxygens (including phenoxy) is 1. The van der Waals surface area contributed by atoms with E-state index in [-0.39, 0.29) is 0 Å². The fourth-order valence-electron chi connectivity index (χ4n) is 1.74. The van der Waals surface area contributed by atoms with Crippen LogP contribution in [0.2, 0.25) is 0 Å². The fraction of sp³-hybridized carbons (Fsp3) is 0.714. The van der Waals surface area contributed by atoms with Crippen LogP contribution < -0.4 is 10.1 Å². The summed E-state index contributed by atoms with van der Waals surface area (Å²) >= 11 is 0. The van der Waals surface area contributed by atoms with Crippen molar-refractivity contribution in [3.8, 4) is 5.88 Å². The van der Waals surface area contributed by atoms with Crippen molar-refractivity contribution in [3.05, 3.63) is 11.8 Å². The molecule has 0 aromatic carbocycles. The Balaban J connectivity index is 2.22. The quantitative estimate of drug-likeness (QED) is 0.682. The number of unbranched alkanes of at least 4 members (excludes halogenated alkanes) is 5. The van der Waals surface area contributed by atoms with E-state index in [1.807, 2.05) is 14.0 Å². The van der Waals surface area contributed by atoms with Crippen LogP contribution in [0.15, 0.2) is 6.20 Å². The predicted molar refractivity (Wildman–Crippen MR) is 75.2 cm³/mol. The van der Waals surface area contributed by atoms with Crippen molar-refractivity contribution >= 4 is 5.95 Å². The zero-order valence-corrected chi connectivity index (χ0v) is 11.8. The van der Waals surface area contributed by atoms with Gasteiger partial charge in [0, 0.05) is 18.8 Å².